The van der Waals surface area contributed by atoms with Gasteiger partial charge in [0.15, 0.2) is 16.1 Å². The van der Waals surface area contributed by atoms with Crippen LogP contribution in [0.4, 0.5) is 5.69 Å². The first-order valence-corrected chi connectivity index (χ1v) is 11.0. The highest BCUT2D eigenvalue weighted by atomic mass is 35.5. The zero-order valence-electron chi connectivity index (χ0n) is 16.4. The van der Waals surface area contributed by atoms with Gasteiger partial charge in [-0.3, -0.25) is 9.36 Å². The second-order valence-corrected chi connectivity index (χ2v) is 8.68. The molecule has 0 fully saturated rings. The number of aromatic nitrogens is 4. The summed E-state index contributed by atoms with van der Waals surface area (Å²) < 4.78 is 1.93. The average Bonchev–Trinajstić information content (AvgIpc) is 3.19. The van der Waals surface area contributed by atoms with Crippen molar-refractivity contribution in [3.63, 3.8) is 0 Å². The molecule has 0 radical (unpaired) electrons. The number of anilines is 1. The molecule has 0 saturated carbocycles. The Morgan fingerprint density at radius 2 is 1.74 bits per heavy atom. The Bertz CT molecular complexity index is 1200. The van der Waals surface area contributed by atoms with E-state index in [1.807, 2.05) is 47.0 Å². The monoisotopic (exact) mass is 469 g/mol. The van der Waals surface area contributed by atoms with Gasteiger partial charge in [-0.1, -0.05) is 53.2 Å². The molecule has 1 amide bonds. The van der Waals surface area contributed by atoms with Crippen LogP contribution >= 0.6 is 35.0 Å². The number of amides is 1. The predicted octanol–water partition coefficient (Wildman–Crippen LogP) is 5.76. The summed E-state index contributed by atoms with van der Waals surface area (Å²) in [7, 11) is 0. The third-order valence-electron chi connectivity index (χ3n) is 4.42. The van der Waals surface area contributed by atoms with Gasteiger partial charge in [-0.2, -0.15) is 0 Å². The van der Waals surface area contributed by atoms with Crippen LogP contribution in [0.2, 0.25) is 10.2 Å². The minimum absolute atomic E-state index is 0.212. The lowest BCUT2D eigenvalue weighted by molar-refractivity contribution is -0.115. The predicted molar refractivity (Wildman–Crippen MR) is 125 cm³/mol. The Labute approximate surface area is 193 Å². The van der Waals surface area contributed by atoms with E-state index in [4.69, 9.17) is 23.2 Å². The SMILES string of the molecule is CC(Sc1nnc(-c2ccc(Cl)cc2)n1-c1ccccc1)C(=O)Nc1cccnc1Cl. The second-order valence-electron chi connectivity index (χ2n) is 6.58. The number of benzene rings is 2. The van der Waals surface area contributed by atoms with E-state index in [1.165, 1.54) is 11.8 Å². The lowest BCUT2D eigenvalue weighted by Gasteiger charge is -2.14. The van der Waals surface area contributed by atoms with Crippen LogP contribution in [0, 0.1) is 0 Å². The fraction of sp³-hybridized carbons (Fsp3) is 0.0909. The highest BCUT2D eigenvalue weighted by Gasteiger charge is 2.22. The van der Waals surface area contributed by atoms with Crippen LogP contribution in [-0.4, -0.2) is 30.9 Å². The van der Waals surface area contributed by atoms with Crippen molar-refractivity contribution >= 4 is 46.6 Å². The molecule has 9 heteroatoms. The van der Waals surface area contributed by atoms with Crippen molar-refractivity contribution in [2.45, 2.75) is 17.3 Å². The van der Waals surface area contributed by atoms with Crippen LogP contribution in [0.15, 0.2) is 78.1 Å². The minimum atomic E-state index is -0.457. The summed E-state index contributed by atoms with van der Waals surface area (Å²) in [6.07, 6.45) is 1.57. The Balaban J connectivity index is 1.64. The maximum absolute atomic E-state index is 12.7. The first-order chi connectivity index (χ1) is 15.0. The van der Waals surface area contributed by atoms with Crippen molar-refractivity contribution < 1.29 is 4.79 Å². The Morgan fingerprint density at radius 1 is 1.00 bits per heavy atom. The number of nitrogens with one attached hydrogen (secondary N) is 1. The van der Waals surface area contributed by atoms with Gasteiger partial charge in [-0.05, 0) is 55.5 Å². The van der Waals surface area contributed by atoms with Gasteiger partial charge in [-0.25, -0.2) is 4.98 Å². The number of nitrogens with zero attached hydrogens (tertiary/aromatic N) is 4. The minimum Gasteiger partial charge on any atom is -0.322 e. The largest absolute Gasteiger partial charge is 0.322 e. The van der Waals surface area contributed by atoms with Gasteiger partial charge >= 0.3 is 0 Å². The fourth-order valence-corrected chi connectivity index (χ4v) is 4.03. The molecule has 0 bridgehead atoms. The molecule has 156 valence electrons. The van der Waals surface area contributed by atoms with E-state index < -0.39 is 5.25 Å². The van der Waals surface area contributed by atoms with Crippen molar-refractivity contribution in [2.24, 2.45) is 0 Å². The first-order valence-electron chi connectivity index (χ1n) is 9.38. The molecule has 1 N–H and O–H groups in total. The summed E-state index contributed by atoms with van der Waals surface area (Å²) in [4.78, 5) is 16.7. The van der Waals surface area contributed by atoms with E-state index >= 15 is 0 Å². The van der Waals surface area contributed by atoms with E-state index in [0.29, 0.717) is 21.7 Å². The van der Waals surface area contributed by atoms with Gasteiger partial charge in [0.25, 0.3) is 0 Å². The lowest BCUT2D eigenvalue weighted by Crippen LogP contribution is -2.23. The number of thioether (sulfide) groups is 1. The molecular formula is C22H17Cl2N5OS. The number of rotatable bonds is 6. The van der Waals surface area contributed by atoms with Crippen LogP contribution in [0.3, 0.4) is 0 Å². The maximum atomic E-state index is 12.7. The third kappa shape index (κ3) is 4.90. The summed E-state index contributed by atoms with van der Waals surface area (Å²) in [5, 5.41) is 12.6. The van der Waals surface area contributed by atoms with Crippen LogP contribution in [0.5, 0.6) is 0 Å². The summed E-state index contributed by atoms with van der Waals surface area (Å²) in [6.45, 7) is 1.80. The first kappa shape index (κ1) is 21.4. The van der Waals surface area contributed by atoms with Gasteiger partial charge in [0.05, 0.1) is 10.9 Å². The Morgan fingerprint density at radius 3 is 2.45 bits per heavy atom. The van der Waals surface area contributed by atoms with Crippen molar-refractivity contribution in [2.75, 3.05) is 5.32 Å². The van der Waals surface area contributed by atoms with E-state index in [0.717, 1.165) is 11.3 Å². The summed E-state index contributed by atoms with van der Waals surface area (Å²) >= 11 is 13.4. The zero-order chi connectivity index (χ0) is 21.8. The van der Waals surface area contributed by atoms with Crippen molar-refractivity contribution in [1.82, 2.24) is 19.7 Å². The van der Waals surface area contributed by atoms with E-state index in [-0.39, 0.29) is 11.1 Å². The molecule has 1 atom stereocenters. The Hall–Kier alpha value is -2.87. The van der Waals surface area contributed by atoms with Crippen molar-refractivity contribution in [1.29, 1.82) is 0 Å². The quantitative estimate of drug-likeness (QED) is 0.287. The van der Waals surface area contributed by atoms with Gasteiger partial charge in [0.1, 0.15) is 0 Å². The number of pyridine rings is 1. The van der Waals surface area contributed by atoms with Crippen LogP contribution in [0.25, 0.3) is 17.1 Å². The van der Waals surface area contributed by atoms with Gasteiger partial charge in [0, 0.05) is 22.5 Å². The Kier molecular flexibility index (Phi) is 6.56. The number of hydrogen-bond acceptors (Lipinski definition) is 5. The van der Waals surface area contributed by atoms with Crippen molar-refractivity contribution in [3.05, 3.63) is 83.1 Å². The fourth-order valence-electron chi connectivity index (χ4n) is 2.87. The molecule has 6 nitrogen and oxygen atoms in total. The zero-order valence-corrected chi connectivity index (χ0v) is 18.7. The van der Waals surface area contributed by atoms with Crippen LogP contribution in [0.1, 0.15) is 6.92 Å². The molecular weight excluding hydrogens is 453 g/mol. The molecule has 31 heavy (non-hydrogen) atoms. The molecule has 0 aliphatic carbocycles. The molecule has 0 aliphatic heterocycles. The highest BCUT2D eigenvalue weighted by Crippen LogP contribution is 2.31. The maximum Gasteiger partial charge on any atom is 0.237 e. The number of carbonyl (C=O) groups excluding carboxylic acids is 1. The summed E-state index contributed by atoms with van der Waals surface area (Å²) in [5.74, 6) is 0.448. The highest BCUT2D eigenvalue weighted by molar-refractivity contribution is 8.00. The van der Waals surface area contributed by atoms with E-state index in [2.05, 4.69) is 20.5 Å². The van der Waals surface area contributed by atoms with E-state index in [9.17, 15) is 4.79 Å². The molecule has 4 rings (SSSR count). The second kappa shape index (κ2) is 9.51. The number of halogens is 2. The van der Waals surface area contributed by atoms with Crippen molar-refractivity contribution in [3.8, 4) is 17.1 Å². The average molecular weight is 470 g/mol. The van der Waals surface area contributed by atoms with Gasteiger partial charge in [-0.15, -0.1) is 10.2 Å². The summed E-state index contributed by atoms with van der Waals surface area (Å²) in [5.41, 5.74) is 2.22. The normalized spacial score (nSPS) is 11.8. The molecule has 4 aromatic rings. The van der Waals surface area contributed by atoms with Gasteiger partial charge in [0.2, 0.25) is 5.91 Å². The number of carbonyl (C=O) groups is 1. The smallest absolute Gasteiger partial charge is 0.237 e. The molecule has 0 aliphatic rings. The molecule has 0 spiro atoms. The lowest BCUT2D eigenvalue weighted by atomic mass is 10.2. The third-order valence-corrected chi connectivity index (χ3v) is 6.01. The number of hydrogen-bond donors (Lipinski definition) is 1. The molecule has 1 unspecified atom stereocenters. The number of para-hydroxylation sites is 1. The van der Waals surface area contributed by atoms with Crippen LogP contribution in [-0.2, 0) is 4.79 Å². The molecule has 0 saturated heterocycles. The van der Waals surface area contributed by atoms with E-state index in [1.54, 1.807) is 37.4 Å². The molecule has 2 aromatic heterocycles. The van der Waals surface area contributed by atoms with Gasteiger partial charge < -0.3 is 5.32 Å². The van der Waals surface area contributed by atoms with Crippen LogP contribution < -0.4 is 5.32 Å². The molecule has 2 heterocycles. The summed E-state index contributed by atoms with van der Waals surface area (Å²) in [6, 6.07) is 20.6. The topological polar surface area (TPSA) is 72.7 Å². The molecule has 2 aromatic carbocycles. The standard InChI is InChI=1S/C22H17Cl2N5OS/c1-14(21(30)26-18-8-5-13-25-19(18)24)31-22-28-27-20(15-9-11-16(23)12-10-15)29(22)17-6-3-2-4-7-17/h2-14H,1H3,(H,26,30).